The molecule has 2 heterocycles. The van der Waals surface area contributed by atoms with Crippen LogP contribution in [0.5, 0.6) is 0 Å². The molecule has 0 radical (unpaired) electrons. The highest BCUT2D eigenvalue weighted by atomic mass is 16.1. The number of rotatable bonds is 6. The van der Waals surface area contributed by atoms with Crippen LogP contribution in [0.15, 0.2) is 30.6 Å². The van der Waals surface area contributed by atoms with Crippen molar-refractivity contribution in [2.75, 3.05) is 5.73 Å². The molecule has 0 fully saturated rings. The maximum Gasteiger partial charge on any atom is 0.270 e. The third-order valence-electron chi connectivity index (χ3n) is 3.29. The van der Waals surface area contributed by atoms with Gasteiger partial charge in [-0.15, -0.1) is 0 Å². The van der Waals surface area contributed by atoms with Gasteiger partial charge in [-0.1, -0.05) is 19.9 Å². The Bertz CT molecular complexity index is 657. The fourth-order valence-electron chi connectivity index (χ4n) is 2.38. The zero-order valence-corrected chi connectivity index (χ0v) is 13.8. The number of pyridine rings is 1. The molecule has 122 valence electrons. The summed E-state index contributed by atoms with van der Waals surface area (Å²) in [7, 11) is 0. The molecule has 2 rings (SSSR count). The van der Waals surface area contributed by atoms with Gasteiger partial charge in [0.05, 0.1) is 0 Å². The number of aromatic nitrogens is 3. The van der Waals surface area contributed by atoms with E-state index in [9.17, 15) is 4.79 Å². The molecule has 0 aliphatic carbocycles. The third-order valence-corrected chi connectivity index (χ3v) is 3.29. The molecule has 0 unspecified atom stereocenters. The van der Waals surface area contributed by atoms with Gasteiger partial charge in [0.2, 0.25) is 5.95 Å². The first-order valence-electron chi connectivity index (χ1n) is 7.77. The van der Waals surface area contributed by atoms with Gasteiger partial charge in [0.1, 0.15) is 5.69 Å². The Morgan fingerprint density at radius 3 is 2.70 bits per heavy atom. The molecule has 1 atom stereocenters. The number of amides is 1. The number of anilines is 1. The molecule has 6 nitrogen and oxygen atoms in total. The predicted octanol–water partition coefficient (Wildman–Crippen LogP) is 2.01. The lowest BCUT2D eigenvalue weighted by Crippen LogP contribution is -2.35. The van der Waals surface area contributed by atoms with Crippen molar-refractivity contribution < 1.29 is 4.79 Å². The molecule has 0 bridgehead atoms. The molecule has 3 N–H and O–H groups in total. The van der Waals surface area contributed by atoms with Crippen LogP contribution in [0.4, 0.5) is 5.95 Å². The van der Waals surface area contributed by atoms with Crippen molar-refractivity contribution in [1.29, 1.82) is 0 Å². The second-order valence-electron chi connectivity index (χ2n) is 6.14. The summed E-state index contributed by atoms with van der Waals surface area (Å²) in [6.45, 7) is 6.13. The lowest BCUT2D eigenvalue weighted by molar-refractivity contribution is 0.0935. The Balaban J connectivity index is 2.03. The first-order valence-corrected chi connectivity index (χ1v) is 7.77. The van der Waals surface area contributed by atoms with Crippen LogP contribution in [0.3, 0.4) is 0 Å². The minimum Gasteiger partial charge on any atom is -0.368 e. The SMILES string of the molecule is CC(C)Cc1cc(C(=O)N[C@H](C)Cc2cccnc2)nc(N)n1. The molecule has 2 aromatic heterocycles. The number of carbonyl (C=O) groups is 1. The number of nitrogens with two attached hydrogens (primary N) is 1. The van der Waals surface area contributed by atoms with E-state index < -0.39 is 0 Å². The van der Waals surface area contributed by atoms with Gasteiger partial charge in [0.25, 0.3) is 5.91 Å². The summed E-state index contributed by atoms with van der Waals surface area (Å²) in [5.74, 6) is 0.332. The Morgan fingerprint density at radius 1 is 1.26 bits per heavy atom. The molecule has 0 aliphatic rings. The van der Waals surface area contributed by atoms with E-state index in [1.165, 1.54) is 0 Å². The second kappa shape index (κ2) is 7.67. The van der Waals surface area contributed by atoms with E-state index in [0.29, 0.717) is 18.0 Å². The fraction of sp³-hybridized carbons (Fsp3) is 0.412. The van der Waals surface area contributed by atoms with Gasteiger partial charge in [0.15, 0.2) is 0 Å². The van der Waals surface area contributed by atoms with Crippen molar-refractivity contribution in [3.8, 4) is 0 Å². The average Bonchev–Trinajstić information content (AvgIpc) is 2.46. The fourth-order valence-corrected chi connectivity index (χ4v) is 2.38. The van der Waals surface area contributed by atoms with E-state index in [0.717, 1.165) is 17.7 Å². The van der Waals surface area contributed by atoms with E-state index in [2.05, 4.69) is 34.1 Å². The zero-order chi connectivity index (χ0) is 16.8. The molecule has 6 heteroatoms. The smallest absolute Gasteiger partial charge is 0.270 e. The van der Waals surface area contributed by atoms with E-state index in [1.807, 2.05) is 19.1 Å². The number of carbonyl (C=O) groups excluding carboxylic acids is 1. The number of nitrogens with one attached hydrogen (secondary N) is 1. The first-order chi connectivity index (χ1) is 10.9. The maximum atomic E-state index is 12.4. The van der Waals surface area contributed by atoms with Crippen molar-refractivity contribution >= 4 is 11.9 Å². The number of hydrogen-bond acceptors (Lipinski definition) is 5. The Hall–Kier alpha value is -2.50. The summed E-state index contributed by atoms with van der Waals surface area (Å²) >= 11 is 0. The molecule has 23 heavy (non-hydrogen) atoms. The highest BCUT2D eigenvalue weighted by Gasteiger charge is 2.14. The highest BCUT2D eigenvalue weighted by molar-refractivity contribution is 5.92. The van der Waals surface area contributed by atoms with Crippen LogP contribution in [0.25, 0.3) is 0 Å². The van der Waals surface area contributed by atoms with Crippen molar-refractivity contribution in [3.05, 3.63) is 47.5 Å². The monoisotopic (exact) mass is 313 g/mol. The van der Waals surface area contributed by atoms with Crippen molar-refractivity contribution in [2.24, 2.45) is 5.92 Å². The standard InChI is InChI=1S/C17H23N5O/c1-11(2)7-14-9-15(22-17(18)21-14)16(23)20-12(3)8-13-5-4-6-19-10-13/h4-6,9-12H,7-8H2,1-3H3,(H,20,23)(H2,18,21,22)/t12-/m1/s1. The summed E-state index contributed by atoms with van der Waals surface area (Å²) in [6, 6.07) is 5.55. The Labute approximate surface area is 136 Å². The summed E-state index contributed by atoms with van der Waals surface area (Å²) in [6.07, 6.45) is 5.00. The minimum absolute atomic E-state index is 0.0311. The van der Waals surface area contributed by atoms with Crippen molar-refractivity contribution in [1.82, 2.24) is 20.3 Å². The Morgan fingerprint density at radius 2 is 2.04 bits per heavy atom. The third kappa shape index (κ3) is 5.32. The molecule has 1 amide bonds. The van der Waals surface area contributed by atoms with Crippen LogP contribution in [-0.2, 0) is 12.8 Å². The van der Waals surface area contributed by atoms with Gasteiger partial charge in [0, 0.05) is 24.1 Å². The van der Waals surface area contributed by atoms with Gasteiger partial charge in [-0.05, 0) is 43.4 Å². The van der Waals surface area contributed by atoms with Crippen molar-refractivity contribution in [3.63, 3.8) is 0 Å². The van der Waals surface area contributed by atoms with Gasteiger partial charge >= 0.3 is 0 Å². The largest absolute Gasteiger partial charge is 0.368 e. The normalized spacial score (nSPS) is 12.2. The van der Waals surface area contributed by atoms with Gasteiger partial charge < -0.3 is 11.1 Å². The Kier molecular flexibility index (Phi) is 5.62. The average molecular weight is 313 g/mol. The van der Waals surface area contributed by atoms with Gasteiger partial charge in [-0.25, -0.2) is 9.97 Å². The lowest BCUT2D eigenvalue weighted by atomic mass is 10.1. The van der Waals surface area contributed by atoms with Crippen LogP contribution in [0.1, 0.15) is 42.5 Å². The maximum absolute atomic E-state index is 12.4. The molecule has 0 aromatic carbocycles. The van der Waals surface area contributed by atoms with E-state index in [1.54, 1.807) is 18.5 Å². The van der Waals surface area contributed by atoms with Crippen LogP contribution in [-0.4, -0.2) is 26.9 Å². The summed E-state index contributed by atoms with van der Waals surface area (Å²) in [5.41, 5.74) is 7.89. The topological polar surface area (TPSA) is 93.8 Å². The van der Waals surface area contributed by atoms with E-state index >= 15 is 0 Å². The molecule has 0 saturated carbocycles. The molecule has 0 aliphatic heterocycles. The molecular weight excluding hydrogens is 290 g/mol. The predicted molar refractivity (Wildman–Crippen MR) is 89.9 cm³/mol. The molecular formula is C17H23N5O. The molecule has 2 aromatic rings. The number of nitrogen functional groups attached to an aromatic ring is 1. The molecule has 0 spiro atoms. The van der Waals surface area contributed by atoms with Crippen molar-refractivity contribution in [2.45, 2.75) is 39.7 Å². The summed E-state index contributed by atoms with van der Waals surface area (Å²) in [4.78, 5) is 24.7. The minimum atomic E-state index is -0.236. The first kappa shape index (κ1) is 16.9. The van der Waals surface area contributed by atoms with Crippen LogP contribution >= 0.6 is 0 Å². The number of nitrogens with zero attached hydrogens (tertiary/aromatic N) is 3. The van der Waals surface area contributed by atoms with Crippen LogP contribution in [0.2, 0.25) is 0 Å². The molecule has 0 saturated heterocycles. The van der Waals surface area contributed by atoms with Gasteiger partial charge in [-0.2, -0.15) is 0 Å². The van der Waals surface area contributed by atoms with Crippen LogP contribution < -0.4 is 11.1 Å². The quantitative estimate of drug-likeness (QED) is 0.851. The van der Waals surface area contributed by atoms with Crippen LogP contribution in [0, 0.1) is 5.92 Å². The number of hydrogen-bond donors (Lipinski definition) is 2. The summed E-state index contributed by atoms with van der Waals surface area (Å²) < 4.78 is 0. The lowest BCUT2D eigenvalue weighted by Gasteiger charge is -2.14. The second-order valence-corrected chi connectivity index (χ2v) is 6.14. The summed E-state index contributed by atoms with van der Waals surface area (Å²) in [5, 5.41) is 2.94. The zero-order valence-electron chi connectivity index (χ0n) is 13.8. The highest BCUT2D eigenvalue weighted by Crippen LogP contribution is 2.09. The van der Waals surface area contributed by atoms with Gasteiger partial charge in [-0.3, -0.25) is 9.78 Å². The van der Waals surface area contributed by atoms with E-state index in [-0.39, 0.29) is 17.9 Å². The van der Waals surface area contributed by atoms with E-state index in [4.69, 9.17) is 5.73 Å².